The third-order valence-electron chi connectivity index (χ3n) is 3.37. The van der Waals surface area contributed by atoms with Gasteiger partial charge in [0, 0.05) is 11.3 Å². The number of hydrogen-bond donors (Lipinski definition) is 2. The average molecular weight is 269 g/mol. The van der Waals surface area contributed by atoms with Crippen molar-refractivity contribution < 1.29 is 9.90 Å². The summed E-state index contributed by atoms with van der Waals surface area (Å²) in [6.45, 7) is 7.78. The van der Waals surface area contributed by atoms with Gasteiger partial charge >= 0.3 is 0 Å². The summed E-state index contributed by atoms with van der Waals surface area (Å²) in [4.78, 5) is 12.3. The number of benzene rings is 2. The smallest absolute Gasteiger partial charge is 0.255 e. The van der Waals surface area contributed by atoms with Crippen LogP contribution in [0.3, 0.4) is 0 Å². The van der Waals surface area contributed by atoms with Crippen LogP contribution >= 0.6 is 0 Å². The van der Waals surface area contributed by atoms with E-state index in [4.69, 9.17) is 0 Å². The van der Waals surface area contributed by atoms with Gasteiger partial charge < -0.3 is 10.4 Å². The van der Waals surface area contributed by atoms with Crippen molar-refractivity contribution in [2.45, 2.75) is 27.7 Å². The second kappa shape index (κ2) is 5.37. The van der Waals surface area contributed by atoms with Gasteiger partial charge in [0.25, 0.3) is 5.91 Å². The van der Waals surface area contributed by atoms with E-state index in [9.17, 15) is 9.90 Å². The Morgan fingerprint density at radius 1 is 0.950 bits per heavy atom. The second-order valence-corrected chi connectivity index (χ2v) is 5.23. The molecule has 0 saturated heterocycles. The maximum atomic E-state index is 12.3. The molecule has 2 rings (SSSR count). The Balaban J connectivity index is 2.30. The summed E-state index contributed by atoms with van der Waals surface area (Å²) in [7, 11) is 0. The van der Waals surface area contributed by atoms with Gasteiger partial charge in [-0.15, -0.1) is 0 Å². The number of anilines is 1. The summed E-state index contributed by atoms with van der Waals surface area (Å²) in [5.74, 6) is 0.0346. The number of carbonyl (C=O) groups excluding carboxylic acids is 1. The topological polar surface area (TPSA) is 49.3 Å². The molecule has 1 amide bonds. The molecule has 2 aromatic rings. The predicted molar refractivity (Wildman–Crippen MR) is 81.5 cm³/mol. The maximum absolute atomic E-state index is 12.3. The lowest BCUT2D eigenvalue weighted by atomic mass is 10.0. The first kappa shape index (κ1) is 14.1. The Hall–Kier alpha value is -2.29. The Kier molecular flexibility index (Phi) is 3.79. The molecule has 20 heavy (non-hydrogen) atoms. The molecule has 0 aliphatic rings. The van der Waals surface area contributed by atoms with Crippen molar-refractivity contribution in [3.05, 3.63) is 58.1 Å². The van der Waals surface area contributed by atoms with Crippen LogP contribution < -0.4 is 5.32 Å². The van der Waals surface area contributed by atoms with E-state index in [2.05, 4.69) is 5.32 Å². The Labute approximate surface area is 119 Å². The normalized spacial score (nSPS) is 10.4. The van der Waals surface area contributed by atoms with Gasteiger partial charge in [-0.05, 0) is 62.6 Å². The summed E-state index contributed by atoms with van der Waals surface area (Å²) < 4.78 is 0. The van der Waals surface area contributed by atoms with E-state index in [0.29, 0.717) is 11.1 Å². The molecule has 3 heteroatoms. The zero-order chi connectivity index (χ0) is 14.9. The van der Waals surface area contributed by atoms with Crippen LogP contribution in [-0.4, -0.2) is 11.0 Å². The van der Waals surface area contributed by atoms with Crippen LogP contribution in [0.2, 0.25) is 0 Å². The fourth-order valence-corrected chi connectivity index (χ4v) is 2.36. The fourth-order valence-electron chi connectivity index (χ4n) is 2.36. The maximum Gasteiger partial charge on any atom is 0.255 e. The molecule has 0 fully saturated rings. The van der Waals surface area contributed by atoms with Crippen molar-refractivity contribution in [1.82, 2.24) is 0 Å². The van der Waals surface area contributed by atoms with E-state index >= 15 is 0 Å². The minimum atomic E-state index is -0.164. The lowest BCUT2D eigenvalue weighted by Gasteiger charge is -2.13. The summed E-state index contributed by atoms with van der Waals surface area (Å²) >= 11 is 0. The van der Waals surface area contributed by atoms with Crippen molar-refractivity contribution in [3.8, 4) is 5.75 Å². The lowest BCUT2D eigenvalue weighted by molar-refractivity contribution is 0.102. The molecule has 0 unspecified atom stereocenters. The molecule has 0 heterocycles. The highest BCUT2D eigenvalue weighted by Gasteiger charge is 2.11. The van der Waals surface area contributed by atoms with Gasteiger partial charge in [-0.3, -0.25) is 4.79 Å². The predicted octanol–water partition coefficient (Wildman–Crippen LogP) is 3.88. The largest absolute Gasteiger partial charge is 0.508 e. The standard InChI is InChI=1S/C17H19NO2/c1-10-7-12(3)16(13(4)8-10)18-17(20)14-5-6-15(19)11(2)9-14/h5-9,19H,1-4H3,(H,18,20). The summed E-state index contributed by atoms with van der Waals surface area (Å²) in [5, 5.41) is 12.5. The number of phenols is 1. The van der Waals surface area contributed by atoms with Gasteiger partial charge in [-0.2, -0.15) is 0 Å². The Morgan fingerprint density at radius 2 is 1.55 bits per heavy atom. The van der Waals surface area contributed by atoms with Crippen LogP contribution in [0.4, 0.5) is 5.69 Å². The molecule has 0 saturated carbocycles. The highest BCUT2D eigenvalue weighted by atomic mass is 16.3. The Morgan fingerprint density at radius 3 is 2.10 bits per heavy atom. The number of nitrogens with one attached hydrogen (secondary N) is 1. The molecule has 0 aromatic heterocycles. The molecule has 0 radical (unpaired) electrons. The highest BCUT2D eigenvalue weighted by Crippen LogP contribution is 2.23. The number of hydrogen-bond acceptors (Lipinski definition) is 2. The number of rotatable bonds is 2. The van der Waals surface area contributed by atoms with Crippen LogP contribution in [-0.2, 0) is 0 Å². The molecule has 2 aromatic carbocycles. The van der Waals surface area contributed by atoms with Gasteiger partial charge in [0.2, 0.25) is 0 Å². The lowest BCUT2D eigenvalue weighted by Crippen LogP contribution is -2.14. The molecular formula is C17H19NO2. The minimum absolute atomic E-state index is 0.164. The van der Waals surface area contributed by atoms with Crippen LogP contribution in [0.1, 0.15) is 32.6 Å². The van der Waals surface area contributed by atoms with E-state index in [-0.39, 0.29) is 11.7 Å². The van der Waals surface area contributed by atoms with Crippen LogP contribution in [0.5, 0.6) is 5.75 Å². The number of phenolic OH excluding ortho intramolecular Hbond substituents is 1. The molecule has 3 nitrogen and oxygen atoms in total. The number of carbonyl (C=O) groups is 1. The molecular weight excluding hydrogens is 250 g/mol. The van der Waals surface area contributed by atoms with Gasteiger partial charge in [0.05, 0.1) is 0 Å². The van der Waals surface area contributed by atoms with Gasteiger partial charge in [0.1, 0.15) is 5.75 Å². The van der Waals surface area contributed by atoms with Crippen molar-refractivity contribution in [2.75, 3.05) is 5.32 Å². The zero-order valence-corrected chi connectivity index (χ0v) is 12.2. The Bertz CT molecular complexity index is 652. The molecule has 2 N–H and O–H groups in total. The molecule has 0 aliphatic carbocycles. The van der Waals surface area contributed by atoms with E-state index in [1.54, 1.807) is 25.1 Å². The molecule has 0 atom stereocenters. The van der Waals surface area contributed by atoms with Crippen LogP contribution in [0.15, 0.2) is 30.3 Å². The van der Waals surface area contributed by atoms with Crippen molar-refractivity contribution >= 4 is 11.6 Å². The van der Waals surface area contributed by atoms with Crippen molar-refractivity contribution in [3.63, 3.8) is 0 Å². The first-order chi connectivity index (χ1) is 9.38. The fraction of sp³-hybridized carbons (Fsp3) is 0.235. The van der Waals surface area contributed by atoms with E-state index < -0.39 is 0 Å². The van der Waals surface area contributed by atoms with Gasteiger partial charge in [-0.1, -0.05) is 17.7 Å². The quantitative estimate of drug-likeness (QED) is 0.869. The second-order valence-electron chi connectivity index (χ2n) is 5.23. The van der Waals surface area contributed by atoms with Crippen LogP contribution in [0, 0.1) is 27.7 Å². The SMILES string of the molecule is Cc1cc(C)c(NC(=O)c2ccc(O)c(C)c2)c(C)c1. The first-order valence-corrected chi connectivity index (χ1v) is 6.57. The van der Waals surface area contributed by atoms with E-state index in [1.807, 2.05) is 32.9 Å². The van der Waals surface area contributed by atoms with Gasteiger partial charge in [-0.25, -0.2) is 0 Å². The third-order valence-corrected chi connectivity index (χ3v) is 3.37. The highest BCUT2D eigenvalue weighted by molar-refractivity contribution is 6.05. The van der Waals surface area contributed by atoms with Crippen molar-refractivity contribution in [2.24, 2.45) is 0 Å². The monoisotopic (exact) mass is 269 g/mol. The first-order valence-electron chi connectivity index (χ1n) is 6.57. The molecule has 0 spiro atoms. The van der Waals surface area contributed by atoms with Crippen LogP contribution in [0.25, 0.3) is 0 Å². The number of aryl methyl sites for hydroxylation is 4. The zero-order valence-electron chi connectivity index (χ0n) is 12.2. The number of aromatic hydroxyl groups is 1. The minimum Gasteiger partial charge on any atom is -0.508 e. The average Bonchev–Trinajstić information content (AvgIpc) is 2.36. The molecule has 0 aliphatic heterocycles. The molecule has 104 valence electrons. The third kappa shape index (κ3) is 2.82. The van der Waals surface area contributed by atoms with Gasteiger partial charge in [0.15, 0.2) is 0 Å². The summed E-state index contributed by atoms with van der Waals surface area (Å²) in [6.07, 6.45) is 0. The molecule has 0 bridgehead atoms. The number of amides is 1. The summed E-state index contributed by atoms with van der Waals surface area (Å²) in [6, 6.07) is 8.94. The van der Waals surface area contributed by atoms with Crippen molar-refractivity contribution in [1.29, 1.82) is 0 Å². The van der Waals surface area contributed by atoms with E-state index in [0.717, 1.165) is 16.8 Å². The summed E-state index contributed by atoms with van der Waals surface area (Å²) in [5.41, 5.74) is 5.36. The van der Waals surface area contributed by atoms with E-state index in [1.165, 1.54) is 5.56 Å².